The standard InChI is InChI=1S/C51H30N4OS/c1-3-14-31(15-4-1)49-52-50(32-16-5-2-6-17-32)54-51(53-49)39-23-11-22-38-46-36(20-12-26-43(46)56-48(38)39)37-21-13-27-45-47(37)40-30-33(28-29-44(40)57-45)55-41-24-9-7-18-34(41)35-19-8-10-25-42(35)55/h1-30H. The number of thiophene rings is 1. The number of aromatic nitrogens is 4. The first-order valence-corrected chi connectivity index (χ1v) is 19.8. The Bertz CT molecular complexity index is 3420. The van der Waals surface area contributed by atoms with Crippen molar-refractivity contribution in [1.29, 1.82) is 0 Å². The third-order valence-corrected chi connectivity index (χ3v) is 12.2. The van der Waals surface area contributed by atoms with Crippen LogP contribution in [0.4, 0.5) is 0 Å². The summed E-state index contributed by atoms with van der Waals surface area (Å²) >= 11 is 1.84. The number of furan rings is 1. The van der Waals surface area contributed by atoms with Crippen LogP contribution in [0.3, 0.4) is 0 Å². The summed E-state index contributed by atoms with van der Waals surface area (Å²) in [6.45, 7) is 0. The van der Waals surface area contributed by atoms with Gasteiger partial charge in [-0.05, 0) is 59.7 Å². The molecule has 0 spiro atoms. The summed E-state index contributed by atoms with van der Waals surface area (Å²) < 4.78 is 11.7. The van der Waals surface area contributed by atoms with Crippen molar-refractivity contribution in [3.63, 3.8) is 0 Å². The molecule has 6 heteroatoms. The zero-order chi connectivity index (χ0) is 37.5. The van der Waals surface area contributed by atoms with Crippen LogP contribution in [0.2, 0.25) is 0 Å². The lowest BCUT2D eigenvalue weighted by Gasteiger charge is -2.10. The van der Waals surface area contributed by atoms with E-state index < -0.39 is 0 Å². The van der Waals surface area contributed by atoms with E-state index in [1.807, 2.05) is 78.1 Å². The van der Waals surface area contributed by atoms with Crippen molar-refractivity contribution in [3.05, 3.63) is 182 Å². The predicted molar refractivity (Wildman–Crippen MR) is 236 cm³/mol. The van der Waals surface area contributed by atoms with Gasteiger partial charge in [0.05, 0.1) is 16.6 Å². The van der Waals surface area contributed by atoms with E-state index in [1.54, 1.807) is 0 Å². The third-order valence-electron chi connectivity index (χ3n) is 11.1. The maximum atomic E-state index is 6.82. The molecule has 4 heterocycles. The summed E-state index contributed by atoms with van der Waals surface area (Å²) in [5.41, 5.74) is 10.1. The van der Waals surface area contributed by atoms with Crippen molar-refractivity contribution >= 4 is 75.3 Å². The number of hydrogen-bond acceptors (Lipinski definition) is 5. The van der Waals surface area contributed by atoms with Crippen LogP contribution < -0.4 is 0 Å². The van der Waals surface area contributed by atoms with E-state index in [9.17, 15) is 0 Å². The Morgan fingerprint density at radius 3 is 1.67 bits per heavy atom. The Morgan fingerprint density at radius 2 is 0.965 bits per heavy atom. The van der Waals surface area contributed by atoms with E-state index in [1.165, 1.54) is 47.5 Å². The molecule has 0 N–H and O–H groups in total. The van der Waals surface area contributed by atoms with Gasteiger partial charge in [-0.3, -0.25) is 0 Å². The van der Waals surface area contributed by atoms with Gasteiger partial charge in [0.25, 0.3) is 0 Å². The van der Waals surface area contributed by atoms with Gasteiger partial charge in [-0.1, -0.05) is 133 Å². The fourth-order valence-corrected chi connectivity index (χ4v) is 9.67. The summed E-state index contributed by atoms with van der Waals surface area (Å²) in [5, 5.41) is 7.08. The molecule has 0 aliphatic rings. The lowest BCUT2D eigenvalue weighted by atomic mass is 9.95. The molecule has 0 radical (unpaired) electrons. The highest BCUT2D eigenvalue weighted by Gasteiger charge is 2.21. The highest BCUT2D eigenvalue weighted by atomic mass is 32.1. The average molecular weight is 747 g/mol. The number of nitrogens with zero attached hydrogens (tertiary/aromatic N) is 4. The van der Waals surface area contributed by atoms with Gasteiger partial charge in [0.15, 0.2) is 17.5 Å². The molecule has 12 rings (SSSR count). The zero-order valence-electron chi connectivity index (χ0n) is 30.4. The maximum absolute atomic E-state index is 6.82. The van der Waals surface area contributed by atoms with Crippen LogP contribution >= 0.6 is 11.3 Å². The van der Waals surface area contributed by atoms with Crippen LogP contribution in [0.1, 0.15) is 0 Å². The quantitative estimate of drug-likeness (QED) is 0.176. The molecule has 57 heavy (non-hydrogen) atoms. The number of hydrogen-bond donors (Lipinski definition) is 0. The Labute approximate surface area is 330 Å². The van der Waals surface area contributed by atoms with Crippen molar-refractivity contribution in [2.45, 2.75) is 0 Å². The van der Waals surface area contributed by atoms with Crippen LogP contribution in [0, 0.1) is 0 Å². The van der Waals surface area contributed by atoms with Gasteiger partial charge >= 0.3 is 0 Å². The van der Waals surface area contributed by atoms with Crippen LogP contribution in [0.15, 0.2) is 186 Å². The normalized spacial score (nSPS) is 11.9. The number of benzene rings is 8. The lowest BCUT2D eigenvalue weighted by Crippen LogP contribution is -2.00. The molecule has 0 amide bonds. The topological polar surface area (TPSA) is 56.7 Å². The molecule has 0 saturated carbocycles. The first-order chi connectivity index (χ1) is 28.3. The van der Waals surface area contributed by atoms with Crippen molar-refractivity contribution in [3.8, 4) is 51.0 Å². The van der Waals surface area contributed by atoms with Gasteiger partial charge in [-0.15, -0.1) is 11.3 Å². The van der Waals surface area contributed by atoms with E-state index in [2.05, 4.69) is 120 Å². The molecule has 0 bridgehead atoms. The van der Waals surface area contributed by atoms with Gasteiger partial charge in [0.2, 0.25) is 0 Å². The average Bonchev–Trinajstić information content (AvgIpc) is 3.96. The van der Waals surface area contributed by atoms with E-state index in [0.717, 1.165) is 49.9 Å². The Balaban J connectivity index is 1.07. The lowest BCUT2D eigenvalue weighted by molar-refractivity contribution is 0.669. The van der Waals surface area contributed by atoms with Crippen molar-refractivity contribution in [2.75, 3.05) is 0 Å². The molecule has 0 aliphatic heterocycles. The van der Waals surface area contributed by atoms with E-state index >= 15 is 0 Å². The molecule has 266 valence electrons. The van der Waals surface area contributed by atoms with Gasteiger partial charge in [0.1, 0.15) is 11.2 Å². The summed E-state index contributed by atoms with van der Waals surface area (Å²) in [6.07, 6.45) is 0. The number of rotatable bonds is 5. The van der Waals surface area contributed by atoms with E-state index in [0.29, 0.717) is 17.5 Å². The molecule has 0 unspecified atom stereocenters. The second-order valence-electron chi connectivity index (χ2n) is 14.3. The highest BCUT2D eigenvalue weighted by molar-refractivity contribution is 7.26. The smallest absolute Gasteiger partial charge is 0.167 e. The van der Waals surface area contributed by atoms with Crippen molar-refractivity contribution in [1.82, 2.24) is 19.5 Å². The van der Waals surface area contributed by atoms with E-state index in [4.69, 9.17) is 19.4 Å². The van der Waals surface area contributed by atoms with Gasteiger partial charge in [-0.2, -0.15) is 0 Å². The molecule has 0 atom stereocenters. The molecule has 4 aromatic heterocycles. The molecular formula is C51H30N4OS. The molecule has 5 nitrogen and oxygen atoms in total. The molecular weight excluding hydrogens is 717 g/mol. The minimum atomic E-state index is 0.567. The molecule has 0 saturated heterocycles. The minimum Gasteiger partial charge on any atom is -0.455 e. The first-order valence-electron chi connectivity index (χ1n) is 19.0. The second kappa shape index (κ2) is 12.6. The van der Waals surface area contributed by atoms with Crippen LogP contribution in [-0.4, -0.2) is 19.5 Å². The Hall–Kier alpha value is -7.41. The summed E-state index contributed by atoms with van der Waals surface area (Å²) in [4.78, 5) is 15.0. The number of para-hydroxylation sites is 3. The minimum absolute atomic E-state index is 0.567. The van der Waals surface area contributed by atoms with Crippen LogP contribution in [0.25, 0.3) is 115 Å². The fraction of sp³-hybridized carbons (Fsp3) is 0. The maximum Gasteiger partial charge on any atom is 0.167 e. The second-order valence-corrected chi connectivity index (χ2v) is 15.4. The van der Waals surface area contributed by atoms with Gasteiger partial charge < -0.3 is 8.98 Å². The molecule has 0 aliphatic carbocycles. The predicted octanol–water partition coefficient (Wildman–Crippen LogP) is 13.9. The SMILES string of the molecule is c1ccc(-c2nc(-c3ccccc3)nc(-c3cccc4c3oc3cccc(-c5cccc6sc7ccc(-n8c9ccccc9c9ccccc98)cc7c56)c34)n2)cc1. The van der Waals surface area contributed by atoms with Gasteiger partial charge in [-0.25, -0.2) is 15.0 Å². The summed E-state index contributed by atoms with van der Waals surface area (Å²) in [6, 6.07) is 63.8. The third kappa shape index (κ3) is 4.98. The van der Waals surface area contributed by atoms with Gasteiger partial charge in [0, 0.05) is 58.5 Å². The zero-order valence-corrected chi connectivity index (χ0v) is 31.2. The highest BCUT2D eigenvalue weighted by Crippen LogP contribution is 2.46. The van der Waals surface area contributed by atoms with Crippen molar-refractivity contribution < 1.29 is 4.42 Å². The molecule has 8 aromatic carbocycles. The van der Waals surface area contributed by atoms with Crippen molar-refractivity contribution in [2.24, 2.45) is 0 Å². The Kier molecular flexibility index (Phi) is 7.03. The summed E-state index contributed by atoms with van der Waals surface area (Å²) in [5.74, 6) is 1.80. The molecule has 0 fully saturated rings. The Morgan fingerprint density at radius 1 is 0.404 bits per heavy atom. The number of fused-ring (bicyclic) bond motifs is 9. The fourth-order valence-electron chi connectivity index (χ4n) is 8.56. The monoisotopic (exact) mass is 746 g/mol. The van der Waals surface area contributed by atoms with Crippen LogP contribution in [-0.2, 0) is 0 Å². The molecule has 12 aromatic rings. The van der Waals surface area contributed by atoms with E-state index in [-0.39, 0.29) is 0 Å². The summed E-state index contributed by atoms with van der Waals surface area (Å²) in [7, 11) is 0. The largest absolute Gasteiger partial charge is 0.455 e. The van der Waals surface area contributed by atoms with Crippen LogP contribution in [0.5, 0.6) is 0 Å². The first kappa shape index (κ1) is 31.9.